The molecule has 1 aliphatic rings. The number of piperazine rings is 1. The Morgan fingerprint density at radius 3 is 2.69 bits per heavy atom. The van der Waals surface area contributed by atoms with Crippen molar-refractivity contribution in [1.29, 1.82) is 0 Å². The molecule has 0 bridgehead atoms. The fourth-order valence-electron chi connectivity index (χ4n) is 3.48. The van der Waals surface area contributed by atoms with Gasteiger partial charge in [0.2, 0.25) is 0 Å². The monoisotopic (exact) mass is 481 g/mol. The van der Waals surface area contributed by atoms with Gasteiger partial charge in [-0.3, -0.25) is 15.1 Å². The van der Waals surface area contributed by atoms with Crippen LogP contribution in [0.15, 0.2) is 46.9 Å². The van der Waals surface area contributed by atoms with Crippen LogP contribution in [0.1, 0.15) is 10.6 Å². The van der Waals surface area contributed by atoms with Crippen molar-refractivity contribution < 1.29 is 23.4 Å². The Balaban J connectivity index is 1.21. The van der Waals surface area contributed by atoms with Gasteiger partial charge in [0, 0.05) is 49.2 Å². The van der Waals surface area contributed by atoms with E-state index in [-0.39, 0.29) is 23.3 Å². The van der Waals surface area contributed by atoms with Crippen LogP contribution in [-0.2, 0) is 0 Å². The Morgan fingerprint density at radius 1 is 1.16 bits per heavy atom. The number of ether oxygens (including phenoxy) is 1. The SMILES string of the molecule is O=C(NN1CCN(CC(O)COc2ccc(Cl)c(F)c2)CC1)c1cc2cc(Cl)ccc2o1. The van der Waals surface area contributed by atoms with Crippen molar-refractivity contribution in [3.63, 3.8) is 0 Å². The molecule has 1 unspecified atom stereocenters. The maximum Gasteiger partial charge on any atom is 0.301 e. The van der Waals surface area contributed by atoms with Gasteiger partial charge in [-0.1, -0.05) is 23.2 Å². The fourth-order valence-corrected chi connectivity index (χ4v) is 3.77. The molecule has 1 fully saturated rings. The zero-order valence-electron chi connectivity index (χ0n) is 17.1. The maximum absolute atomic E-state index is 13.5. The molecule has 1 saturated heterocycles. The highest BCUT2D eigenvalue weighted by Crippen LogP contribution is 2.23. The largest absolute Gasteiger partial charge is 0.491 e. The van der Waals surface area contributed by atoms with Gasteiger partial charge < -0.3 is 14.3 Å². The number of hydrogen-bond donors (Lipinski definition) is 2. The number of carbonyl (C=O) groups excluding carboxylic acids is 1. The zero-order chi connectivity index (χ0) is 22.7. The normalized spacial score (nSPS) is 16.2. The molecule has 0 spiro atoms. The van der Waals surface area contributed by atoms with Gasteiger partial charge in [-0.05, 0) is 36.4 Å². The van der Waals surface area contributed by atoms with Crippen LogP contribution < -0.4 is 10.2 Å². The second-order valence-corrected chi connectivity index (χ2v) is 8.41. The Morgan fingerprint density at radius 2 is 1.94 bits per heavy atom. The number of halogens is 3. The molecule has 0 radical (unpaired) electrons. The first-order valence-corrected chi connectivity index (χ1v) is 10.9. The zero-order valence-corrected chi connectivity index (χ0v) is 18.6. The predicted octanol–water partition coefficient (Wildman–Crippen LogP) is 3.58. The third-order valence-corrected chi connectivity index (χ3v) is 5.68. The Labute approximate surface area is 194 Å². The van der Waals surface area contributed by atoms with Crippen molar-refractivity contribution in [3.05, 3.63) is 64.1 Å². The molecule has 2 aromatic carbocycles. The molecule has 1 aliphatic heterocycles. The van der Waals surface area contributed by atoms with Crippen molar-refractivity contribution in [1.82, 2.24) is 15.3 Å². The number of β-amino-alcohol motifs (C(OH)–C–C–N with tert-alkyl or cyclic N) is 1. The van der Waals surface area contributed by atoms with Crippen LogP contribution in [-0.4, -0.2) is 66.4 Å². The molecule has 3 aromatic rings. The maximum atomic E-state index is 13.5. The van der Waals surface area contributed by atoms with E-state index in [0.29, 0.717) is 49.1 Å². The van der Waals surface area contributed by atoms with E-state index in [1.54, 1.807) is 30.3 Å². The summed E-state index contributed by atoms with van der Waals surface area (Å²) in [6.07, 6.45) is -0.739. The molecule has 2 N–H and O–H groups in total. The van der Waals surface area contributed by atoms with Gasteiger partial charge in [-0.2, -0.15) is 0 Å². The molecule has 2 heterocycles. The number of benzene rings is 2. The van der Waals surface area contributed by atoms with Crippen LogP contribution in [0.2, 0.25) is 10.0 Å². The smallest absolute Gasteiger partial charge is 0.301 e. The standard InChI is InChI=1S/C22H22Cl2FN3O4/c23-15-1-4-20-14(9-15)10-21(32-20)22(30)26-28-7-5-27(6-8-28)12-16(29)13-31-17-2-3-18(24)19(25)11-17/h1-4,9-11,16,29H,5-8,12-13H2,(H,26,30). The Hall–Kier alpha value is -2.36. The van der Waals surface area contributed by atoms with Crippen LogP contribution in [0.5, 0.6) is 5.75 Å². The summed E-state index contributed by atoms with van der Waals surface area (Å²) in [7, 11) is 0. The van der Waals surface area contributed by atoms with Gasteiger partial charge in [-0.25, -0.2) is 9.40 Å². The van der Waals surface area contributed by atoms with Gasteiger partial charge in [0.05, 0.1) is 5.02 Å². The van der Waals surface area contributed by atoms with Gasteiger partial charge in [-0.15, -0.1) is 0 Å². The van der Waals surface area contributed by atoms with E-state index in [9.17, 15) is 14.3 Å². The molecule has 0 saturated carbocycles. The number of hydrogen-bond acceptors (Lipinski definition) is 6. The first kappa shape index (κ1) is 22.8. The third-order valence-electron chi connectivity index (χ3n) is 5.14. The molecule has 32 heavy (non-hydrogen) atoms. The van der Waals surface area contributed by atoms with Crippen molar-refractivity contribution >= 4 is 40.1 Å². The summed E-state index contributed by atoms with van der Waals surface area (Å²) in [5.74, 6) is -0.361. The fraction of sp³-hybridized carbons (Fsp3) is 0.318. The molecule has 4 rings (SSSR count). The minimum absolute atomic E-state index is 0.0209. The highest BCUT2D eigenvalue weighted by molar-refractivity contribution is 6.31. The van der Waals surface area contributed by atoms with Gasteiger partial charge in [0.15, 0.2) is 5.76 Å². The number of carbonyl (C=O) groups is 1. The van der Waals surface area contributed by atoms with E-state index in [0.717, 1.165) is 5.39 Å². The van der Waals surface area contributed by atoms with Crippen LogP contribution in [0, 0.1) is 5.82 Å². The summed E-state index contributed by atoms with van der Waals surface area (Å²) in [5.41, 5.74) is 3.45. The summed E-state index contributed by atoms with van der Waals surface area (Å²) in [6, 6.07) is 11.0. The molecular weight excluding hydrogens is 460 g/mol. The summed E-state index contributed by atoms with van der Waals surface area (Å²) < 4.78 is 24.5. The summed E-state index contributed by atoms with van der Waals surface area (Å²) >= 11 is 11.6. The van der Waals surface area contributed by atoms with E-state index >= 15 is 0 Å². The average molecular weight is 482 g/mol. The van der Waals surface area contributed by atoms with E-state index in [1.807, 2.05) is 5.01 Å². The Kier molecular flexibility index (Phi) is 7.17. The molecule has 10 heteroatoms. The first-order chi connectivity index (χ1) is 15.4. The van der Waals surface area contributed by atoms with Gasteiger partial charge >= 0.3 is 5.91 Å². The molecule has 1 amide bonds. The number of rotatable bonds is 7. The highest BCUT2D eigenvalue weighted by atomic mass is 35.5. The molecular formula is C22H22Cl2FN3O4. The Bertz CT molecular complexity index is 1100. The molecule has 0 aliphatic carbocycles. The lowest BCUT2D eigenvalue weighted by atomic mass is 10.2. The van der Waals surface area contributed by atoms with E-state index in [2.05, 4.69) is 10.3 Å². The molecule has 170 valence electrons. The average Bonchev–Trinajstić information content (AvgIpc) is 3.19. The summed E-state index contributed by atoms with van der Waals surface area (Å²) in [4.78, 5) is 14.6. The van der Waals surface area contributed by atoms with Gasteiger partial charge in [0.1, 0.15) is 29.9 Å². The topological polar surface area (TPSA) is 78.2 Å². The van der Waals surface area contributed by atoms with Crippen molar-refractivity contribution in [2.45, 2.75) is 6.10 Å². The third kappa shape index (κ3) is 5.70. The predicted molar refractivity (Wildman–Crippen MR) is 120 cm³/mol. The minimum atomic E-state index is -0.739. The van der Waals surface area contributed by atoms with Crippen molar-refractivity contribution in [2.75, 3.05) is 39.3 Å². The molecule has 7 nitrogen and oxygen atoms in total. The van der Waals surface area contributed by atoms with Crippen LogP contribution in [0.3, 0.4) is 0 Å². The number of nitrogens with zero attached hydrogens (tertiary/aromatic N) is 2. The second kappa shape index (κ2) is 10.1. The van der Waals surface area contributed by atoms with Crippen LogP contribution in [0.4, 0.5) is 4.39 Å². The van der Waals surface area contributed by atoms with E-state index in [1.165, 1.54) is 12.1 Å². The van der Waals surface area contributed by atoms with E-state index < -0.39 is 11.9 Å². The lowest BCUT2D eigenvalue weighted by Gasteiger charge is -2.35. The minimum Gasteiger partial charge on any atom is -0.491 e. The number of fused-ring (bicyclic) bond motifs is 1. The number of furan rings is 1. The first-order valence-electron chi connectivity index (χ1n) is 10.1. The second-order valence-electron chi connectivity index (χ2n) is 7.56. The number of aliphatic hydroxyl groups is 1. The number of nitrogens with one attached hydrogen (secondary N) is 1. The number of aliphatic hydroxyl groups excluding tert-OH is 1. The highest BCUT2D eigenvalue weighted by Gasteiger charge is 2.22. The van der Waals surface area contributed by atoms with Crippen molar-refractivity contribution in [2.24, 2.45) is 0 Å². The van der Waals surface area contributed by atoms with Crippen LogP contribution in [0.25, 0.3) is 11.0 Å². The number of amides is 1. The quantitative estimate of drug-likeness (QED) is 0.536. The summed E-state index contributed by atoms with van der Waals surface area (Å²) in [6.45, 7) is 2.93. The molecule has 1 atom stereocenters. The number of hydrazine groups is 1. The van der Waals surface area contributed by atoms with Gasteiger partial charge in [0.25, 0.3) is 0 Å². The van der Waals surface area contributed by atoms with Crippen LogP contribution >= 0.6 is 23.2 Å². The van der Waals surface area contributed by atoms with Crippen molar-refractivity contribution in [3.8, 4) is 5.75 Å². The molecule has 1 aromatic heterocycles. The van der Waals surface area contributed by atoms with E-state index in [4.69, 9.17) is 32.4 Å². The summed E-state index contributed by atoms with van der Waals surface area (Å²) in [5, 5.41) is 13.4. The lowest BCUT2D eigenvalue weighted by molar-refractivity contribution is 0.0310. The lowest BCUT2D eigenvalue weighted by Crippen LogP contribution is -2.54.